The number of carbonyl (C=O) groups is 1. The molecule has 5 heteroatoms. The Morgan fingerprint density at radius 2 is 1.85 bits per heavy atom. The molecule has 4 rings (SSSR count). The van der Waals surface area contributed by atoms with E-state index in [2.05, 4.69) is 6.92 Å². The molecule has 0 unspecified atom stereocenters. The summed E-state index contributed by atoms with van der Waals surface area (Å²) in [4.78, 5) is 27.7. The highest BCUT2D eigenvalue weighted by Gasteiger charge is 2.42. The molecule has 1 aliphatic rings. The van der Waals surface area contributed by atoms with Crippen LogP contribution >= 0.6 is 0 Å². The summed E-state index contributed by atoms with van der Waals surface area (Å²) in [6.45, 7) is 3.94. The Hall–Kier alpha value is -2.92. The lowest BCUT2D eigenvalue weighted by molar-refractivity contribution is 0.0691. The van der Waals surface area contributed by atoms with Gasteiger partial charge in [0.15, 0.2) is 5.43 Å². The fourth-order valence-corrected chi connectivity index (χ4v) is 3.75. The number of hydrogen-bond acceptors (Lipinski definition) is 4. The number of aryl methyl sites for hydroxylation is 2. The van der Waals surface area contributed by atoms with Crippen molar-refractivity contribution in [3.8, 4) is 0 Å². The molecule has 0 bridgehead atoms. The molecule has 0 saturated heterocycles. The van der Waals surface area contributed by atoms with E-state index in [4.69, 9.17) is 4.42 Å². The molecule has 0 radical (unpaired) electrons. The van der Waals surface area contributed by atoms with E-state index in [1.165, 1.54) is 10.5 Å². The highest BCUT2D eigenvalue weighted by Crippen LogP contribution is 2.38. The number of nitrogens with zero attached hydrogens (tertiary/aromatic N) is 1. The van der Waals surface area contributed by atoms with E-state index < -0.39 is 6.04 Å². The van der Waals surface area contributed by atoms with Gasteiger partial charge in [0, 0.05) is 6.54 Å². The summed E-state index contributed by atoms with van der Waals surface area (Å²) in [5, 5.41) is 9.94. The van der Waals surface area contributed by atoms with Crippen LogP contribution in [0.4, 0.5) is 0 Å². The molecule has 1 aromatic heterocycles. The largest absolute Gasteiger partial charge is 0.450 e. The molecule has 0 saturated carbocycles. The van der Waals surface area contributed by atoms with Gasteiger partial charge in [0.1, 0.15) is 5.58 Å². The Labute approximate surface area is 156 Å². The third-order valence-electron chi connectivity index (χ3n) is 5.17. The van der Waals surface area contributed by atoms with Gasteiger partial charge in [-0.25, -0.2) is 0 Å². The van der Waals surface area contributed by atoms with E-state index in [0.717, 1.165) is 17.5 Å². The summed E-state index contributed by atoms with van der Waals surface area (Å²) in [6, 6.07) is 12.7. The SMILES string of the molecule is CCc1ccc([C@@H]2c3c(oc4ccc(C)cc4c3=O)C(=O)N2CCO)cc1. The van der Waals surface area contributed by atoms with Crippen LogP contribution in [-0.4, -0.2) is 29.1 Å². The van der Waals surface area contributed by atoms with E-state index in [9.17, 15) is 14.7 Å². The first-order valence-electron chi connectivity index (χ1n) is 9.13. The van der Waals surface area contributed by atoms with Crippen molar-refractivity contribution >= 4 is 16.9 Å². The predicted molar refractivity (Wildman–Crippen MR) is 103 cm³/mol. The lowest BCUT2D eigenvalue weighted by Crippen LogP contribution is -2.32. The van der Waals surface area contributed by atoms with Crippen LogP contribution in [-0.2, 0) is 6.42 Å². The van der Waals surface area contributed by atoms with Gasteiger partial charge >= 0.3 is 0 Å². The van der Waals surface area contributed by atoms with Crippen molar-refractivity contribution in [1.82, 2.24) is 4.90 Å². The molecule has 1 atom stereocenters. The molecule has 5 nitrogen and oxygen atoms in total. The zero-order valence-corrected chi connectivity index (χ0v) is 15.4. The number of rotatable bonds is 4. The standard InChI is InChI=1S/C22H21NO4/c1-3-14-5-7-15(8-6-14)19-18-20(25)16-12-13(2)4-9-17(16)27-21(18)22(26)23(19)10-11-24/h4-9,12,19,24H,3,10-11H2,1-2H3/t19-/m1/s1. The Balaban J connectivity index is 1.97. The van der Waals surface area contributed by atoms with Gasteiger partial charge < -0.3 is 14.4 Å². The van der Waals surface area contributed by atoms with Crippen LogP contribution in [0.1, 0.15) is 45.8 Å². The van der Waals surface area contributed by atoms with Crippen LogP contribution in [0.3, 0.4) is 0 Å². The second kappa shape index (κ2) is 6.67. The van der Waals surface area contributed by atoms with Crippen molar-refractivity contribution in [2.45, 2.75) is 26.3 Å². The molecule has 1 N–H and O–H groups in total. The first kappa shape index (κ1) is 17.5. The number of aliphatic hydroxyl groups is 1. The van der Waals surface area contributed by atoms with Crippen molar-refractivity contribution in [1.29, 1.82) is 0 Å². The van der Waals surface area contributed by atoms with Gasteiger partial charge in [-0.15, -0.1) is 0 Å². The molecule has 0 fully saturated rings. The molecule has 2 heterocycles. The Morgan fingerprint density at radius 3 is 2.52 bits per heavy atom. The number of hydrogen-bond donors (Lipinski definition) is 1. The van der Waals surface area contributed by atoms with Crippen LogP contribution in [0.25, 0.3) is 11.0 Å². The Bertz CT molecular complexity index is 1080. The topological polar surface area (TPSA) is 70.8 Å². The fraction of sp³-hybridized carbons (Fsp3) is 0.273. The maximum Gasteiger partial charge on any atom is 0.290 e. The van der Waals surface area contributed by atoms with Gasteiger partial charge in [0.25, 0.3) is 5.91 Å². The summed E-state index contributed by atoms with van der Waals surface area (Å²) in [7, 11) is 0. The molecular formula is C22H21NO4. The molecular weight excluding hydrogens is 342 g/mol. The summed E-state index contributed by atoms with van der Waals surface area (Å²) in [6.07, 6.45) is 0.910. The summed E-state index contributed by atoms with van der Waals surface area (Å²) in [5.74, 6) is -0.280. The molecule has 0 spiro atoms. The lowest BCUT2D eigenvalue weighted by atomic mass is 9.97. The molecule has 138 valence electrons. The third kappa shape index (κ3) is 2.75. The number of benzene rings is 2. The van der Waals surface area contributed by atoms with Gasteiger partial charge in [-0.05, 0) is 36.6 Å². The number of amides is 1. The lowest BCUT2D eigenvalue weighted by Gasteiger charge is -2.24. The average Bonchev–Trinajstić information content (AvgIpc) is 2.95. The number of β-amino-alcohol motifs (C(OH)–C–C–N with tert-alkyl or cyclic N) is 1. The number of carbonyl (C=O) groups excluding carboxylic acids is 1. The van der Waals surface area contributed by atoms with Gasteiger partial charge in [0.05, 0.1) is 23.6 Å². The maximum absolute atomic E-state index is 13.3. The van der Waals surface area contributed by atoms with Crippen molar-refractivity contribution in [3.05, 3.63) is 80.7 Å². The normalized spacial score (nSPS) is 16.2. The van der Waals surface area contributed by atoms with Crippen LogP contribution in [0.2, 0.25) is 0 Å². The zero-order valence-electron chi connectivity index (χ0n) is 15.4. The third-order valence-corrected chi connectivity index (χ3v) is 5.17. The van der Waals surface area contributed by atoms with Crippen molar-refractivity contribution in [2.24, 2.45) is 0 Å². The maximum atomic E-state index is 13.3. The minimum absolute atomic E-state index is 0.0781. The van der Waals surface area contributed by atoms with E-state index in [0.29, 0.717) is 16.5 Å². The van der Waals surface area contributed by atoms with Crippen LogP contribution in [0.5, 0.6) is 0 Å². The van der Waals surface area contributed by atoms with E-state index in [1.807, 2.05) is 37.3 Å². The van der Waals surface area contributed by atoms with Gasteiger partial charge in [-0.1, -0.05) is 42.8 Å². The zero-order chi connectivity index (χ0) is 19.1. The van der Waals surface area contributed by atoms with Crippen molar-refractivity contribution < 1.29 is 14.3 Å². The van der Waals surface area contributed by atoms with E-state index in [1.54, 1.807) is 12.1 Å². The Morgan fingerprint density at radius 1 is 1.11 bits per heavy atom. The Kier molecular flexibility index (Phi) is 4.32. The predicted octanol–water partition coefficient (Wildman–Crippen LogP) is 3.20. The van der Waals surface area contributed by atoms with Gasteiger partial charge in [-0.3, -0.25) is 9.59 Å². The highest BCUT2D eigenvalue weighted by atomic mass is 16.3. The molecule has 1 amide bonds. The van der Waals surface area contributed by atoms with E-state index in [-0.39, 0.29) is 30.2 Å². The quantitative estimate of drug-likeness (QED) is 0.773. The van der Waals surface area contributed by atoms with E-state index >= 15 is 0 Å². The summed E-state index contributed by atoms with van der Waals surface area (Å²) < 4.78 is 5.85. The number of fused-ring (bicyclic) bond motifs is 2. The first-order chi connectivity index (χ1) is 13.0. The molecule has 3 aromatic rings. The minimum Gasteiger partial charge on any atom is -0.450 e. The summed E-state index contributed by atoms with van der Waals surface area (Å²) >= 11 is 0. The first-order valence-corrected chi connectivity index (χ1v) is 9.13. The number of aliphatic hydroxyl groups excluding tert-OH is 1. The smallest absolute Gasteiger partial charge is 0.290 e. The van der Waals surface area contributed by atoms with Gasteiger partial charge in [-0.2, -0.15) is 0 Å². The van der Waals surface area contributed by atoms with Crippen LogP contribution in [0, 0.1) is 6.92 Å². The van der Waals surface area contributed by atoms with Crippen LogP contribution < -0.4 is 5.43 Å². The molecule has 2 aromatic carbocycles. The summed E-state index contributed by atoms with van der Waals surface area (Å²) in [5.41, 5.74) is 3.55. The van der Waals surface area contributed by atoms with Crippen molar-refractivity contribution in [3.63, 3.8) is 0 Å². The fourth-order valence-electron chi connectivity index (χ4n) is 3.75. The molecule has 1 aliphatic heterocycles. The molecule has 27 heavy (non-hydrogen) atoms. The second-order valence-corrected chi connectivity index (χ2v) is 6.89. The highest BCUT2D eigenvalue weighted by molar-refractivity contribution is 5.99. The second-order valence-electron chi connectivity index (χ2n) is 6.89. The minimum atomic E-state index is -0.549. The van der Waals surface area contributed by atoms with Crippen molar-refractivity contribution in [2.75, 3.05) is 13.2 Å². The van der Waals surface area contributed by atoms with Gasteiger partial charge in [0.2, 0.25) is 5.76 Å². The monoisotopic (exact) mass is 363 g/mol. The van der Waals surface area contributed by atoms with Crippen LogP contribution in [0.15, 0.2) is 51.7 Å². The molecule has 0 aliphatic carbocycles. The average molecular weight is 363 g/mol.